The molecule has 0 spiro atoms. The molecule has 28 heavy (non-hydrogen) atoms. The minimum absolute atomic E-state index is 0.0477. The highest BCUT2D eigenvalue weighted by molar-refractivity contribution is 7.12. The lowest BCUT2D eigenvalue weighted by molar-refractivity contribution is -0.130. The van der Waals surface area contributed by atoms with Crippen LogP contribution in [0.15, 0.2) is 47.9 Å². The largest absolute Gasteiger partial charge is 0.465 e. The highest BCUT2D eigenvalue weighted by Crippen LogP contribution is 2.25. The second kappa shape index (κ2) is 9.32. The fraction of sp³-hybridized carbons (Fsp3) is 0.286. The second-order valence-corrected chi connectivity index (χ2v) is 7.40. The van der Waals surface area contributed by atoms with Gasteiger partial charge in [0, 0.05) is 25.1 Å². The van der Waals surface area contributed by atoms with Crippen LogP contribution in [0.25, 0.3) is 6.08 Å². The van der Waals surface area contributed by atoms with Gasteiger partial charge >= 0.3 is 5.97 Å². The van der Waals surface area contributed by atoms with Crippen LogP contribution in [0.1, 0.15) is 28.1 Å². The number of amides is 2. The van der Waals surface area contributed by atoms with Gasteiger partial charge in [0.25, 0.3) is 0 Å². The molecule has 1 aromatic carbocycles. The summed E-state index contributed by atoms with van der Waals surface area (Å²) < 4.78 is 4.73. The van der Waals surface area contributed by atoms with Crippen molar-refractivity contribution in [3.63, 3.8) is 0 Å². The van der Waals surface area contributed by atoms with Gasteiger partial charge in [-0.2, -0.15) is 0 Å². The van der Waals surface area contributed by atoms with E-state index in [-0.39, 0.29) is 17.7 Å². The molecule has 0 radical (unpaired) electrons. The predicted molar refractivity (Wildman–Crippen MR) is 109 cm³/mol. The molecule has 1 fully saturated rings. The number of esters is 1. The van der Waals surface area contributed by atoms with Crippen LogP contribution in [-0.2, 0) is 14.3 Å². The summed E-state index contributed by atoms with van der Waals surface area (Å²) in [5.41, 5.74) is 1.45. The van der Waals surface area contributed by atoms with Crippen LogP contribution in [0.5, 0.6) is 0 Å². The van der Waals surface area contributed by atoms with E-state index in [1.807, 2.05) is 30.3 Å². The molecule has 6 nitrogen and oxygen atoms in total. The Morgan fingerprint density at radius 2 is 1.86 bits per heavy atom. The van der Waals surface area contributed by atoms with E-state index in [0.29, 0.717) is 36.5 Å². The number of carbonyl (C=O) groups is 3. The molecule has 1 N–H and O–H groups in total. The quantitative estimate of drug-likeness (QED) is 0.618. The maximum atomic E-state index is 12.5. The van der Waals surface area contributed by atoms with E-state index in [0.717, 1.165) is 5.56 Å². The molecule has 146 valence electrons. The number of rotatable bonds is 5. The molecule has 7 heteroatoms. The van der Waals surface area contributed by atoms with Crippen LogP contribution in [0.3, 0.4) is 0 Å². The highest BCUT2D eigenvalue weighted by atomic mass is 32.1. The molecule has 2 amide bonds. The smallest absolute Gasteiger partial charge is 0.350 e. The van der Waals surface area contributed by atoms with Gasteiger partial charge in [-0.25, -0.2) is 4.79 Å². The van der Waals surface area contributed by atoms with Crippen LogP contribution in [0.2, 0.25) is 0 Å². The van der Waals surface area contributed by atoms with Crippen LogP contribution in [-0.4, -0.2) is 42.9 Å². The van der Waals surface area contributed by atoms with Gasteiger partial charge in [-0.3, -0.25) is 9.59 Å². The molecule has 0 saturated carbocycles. The average Bonchev–Trinajstić information content (AvgIpc) is 3.20. The summed E-state index contributed by atoms with van der Waals surface area (Å²) in [6.07, 6.45) is 4.55. The third kappa shape index (κ3) is 4.86. The van der Waals surface area contributed by atoms with E-state index in [4.69, 9.17) is 4.74 Å². The average molecular weight is 398 g/mol. The van der Waals surface area contributed by atoms with Gasteiger partial charge in [0.05, 0.1) is 12.8 Å². The lowest BCUT2D eigenvalue weighted by Crippen LogP contribution is -2.40. The van der Waals surface area contributed by atoms with Crippen molar-refractivity contribution in [2.24, 2.45) is 5.92 Å². The third-order valence-electron chi connectivity index (χ3n) is 4.69. The summed E-state index contributed by atoms with van der Waals surface area (Å²) in [4.78, 5) is 38.7. The Labute approximate surface area is 167 Å². The maximum absolute atomic E-state index is 12.5. The first-order valence-electron chi connectivity index (χ1n) is 9.07. The minimum atomic E-state index is -0.462. The number of carbonyl (C=O) groups excluding carboxylic acids is 3. The van der Waals surface area contributed by atoms with Crippen molar-refractivity contribution >= 4 is 40.9 Å². The Hall–Kier alpha value is -2.93. The number of methoxy groups -OCH3 is 1. The second-order valence-electron chi connectivity index (χ2n) is 6.49. The van der Waals surface area contributed by atoms with E-state index < -0.39 is 5.97 Å². The van der Waals surface area contributed by atoms with Crippen LogP contribution in [0.4, 0.5) is 5.69 Å². The zero-order valence-electron chi connectivity index (χ0n) is 15.6. The molecular formula is C21H22N2O4S. The molecular weight excluding hydrogens is 376 g/mol. The van der Waals surface area contributed by atoms with Gasteiger partial charge < -0.3 is 15.0 Å². The van der Waals surface area contributed by atoms with E-state index in [2.05, 4.69) is 5.32 Å². The van der Waals surface area contributed by atoms with E-state index in [1.54, 1.807) is 28.5 Å². The Balaban J connectivity index is 1.51. The minimum Gasteiger partial charge on any atom is -0.465 e. The molecule has 3 rings (SSSR count). The number of hydrogen-bond acceptors (Lipinski definition) is 5. The number of piperidine rings is 1. The number of hydrogen-bond donors (Lipinski definition) is 1. The van der Waals surface area contributed by atoms with Crippen LogP contribution in [0, 0.1) is 5.92 Å². The zero-order chi connectivity index (χ0) is 19.9. The summed E-state index contributed by atoms with van der Waals surface area (Å²) in [5.74, 6) is -0.826. The summed E-state index contributed by atoms with van der Waals surface area (Å²) >= 11 is 1.23. The summed E-state index contributed by atoms with van der Waals surface area (Å²) in [7, 11) is 1.31. The molecule has 2 aromatic rings. The SMILES string of the molecule is COC(=O)c1sccc1NC(=O)C1CCN(C(=O)C=Cc2ccccc2)CC1. The molecule has 2 heterocycles. The number of ether oxygens (including phenoxy) is 1. The normalized spacial score (nSPS) is 14.8. The molecule has 1 aromatic heterocycles. The van der Waals surface area contributed by atoms with E-state index in [1.165, 1.54) is 18.4 Å². The van der Waals surface area contributed by atoms with Crippen molar-refractivity contribution in [3.05, 3.63) is 58.3 Å². The Bertz CT molecular complexity index is 868. The molecule has 1 aliphatic heterocycles. The fourth-order valence-corrected chi connectivity index (χ4v) is 3.86. The number of likely N-dealkylation sites (tertiary alicyclic amines) is 1. The standard InChI is InChI=1S/C21H22N2O4S/c1-27-21(26)19-17(11-14-28-19)22-20(25)16-9-12-23(13-10-16)18(24)8-7-15-5-3-2-4-6-15/h2-8,11,14,16H,9-10,12-13H2,1H3,(H,22,25). The number of benzene rings is 1. The summed E-state index contributed by atoms with van der Waals surface area (Å²) in [6, 6.07) is 11.3. The first kappa shape index (κ1) is 19.8. The molecule has 0 atom stereocenters. The zero-order valence-corrected chi connectivity index (χ0v) is 16.4. The van der Waals surface area contributed by atoms with Gasteiger partial charge in [0.2, 0.25) is 11.8 Å². The van der Waals surface area contributed by atoms with Crippen molar-refractivity contribution in [2.75, 3.05) is 25.5 Å². The molecule has 0 aliphatic carbocycles. The number of thiophene rings is 1. The Morgan fingerprint density at radius 1 is 1.14 bits per heavy atom. The lowest BCUT2D eigenvalue weighted by Gasteiger charge is -2.30. The van der Waals surface area contributed by atoms with Crippen molar-refractivity contribution in [1.82, 2.24) is 4.90 Å². The van der Waals surface area contributed by atoms with Crippen molar-refractivity contribution < 1.29 is 19.1 Å². The van der Waals surface area contributed by atoms with Gasteiger partial charge in [-0.1, -0.05) is 30.3 Å². The topological polar surface area (TPSA) is 75.7 Å². The molecule has 0 unspecified atom stereocenters. The Morgan fingerprint density at radius 3 is 2.54 bits per heavy atom. The monoisotopic (exact) mass is 398 g/mol. The first-order valence-corrected chi connectivity index (χ1v) is 9.95. The number of nitrogens with zero attached hydrogens (tertiary/aromatic N) is 1. The third-order valence-corrected chi connectivity index (χ3v) is 5.58. The highest BCUT2D eigenvalue weighted by Gasteiger charge is 2.27. The maximum Gasteiger partial charge on any atom is 0.350 e. The van der Waals surface area contributed by atoms with Crippen LogP contribution < -0.4 is 5.32 Å². The van der Waals surface area contributed by atoms with Crippen molar-refractivity contribution in [3.8, 4) is 0 Å². The van der Waals surface area contributed by atoms with E-state index >= 15 is 0 Å². The van der Waals surface area contributed by atoms with Gasteiger partial charge in [0.15, 0.2) is 0 Å². The van der Waals surface area contributed by atoms with Crippen LogP contribution >= 0.6 is 11.3 Å². The van der Waals surface area contributed by atoms with Gasteiger partial charge in [0.1, 0.15) is 4.88 Å². The number of nitrogens with one attached hydrogen (secondary N) is 1. The van der Waals surface area contributed by atoms with Crippen molar-refractivity contribution in [1.29, 1.82) is 0 Å². The first-order chi connectivity index (χ1) is 13.6. The van der Waals surface area contributed by atoms with Gasteiger partial charge in [-0.05, 0) is 35.9 Å². The Kier molecular flexibility index (Phi) is 6.60. The number of anilines is 1. The van der Waals surface area contributed by atoms with Gasteiger partial charge in [-0.15, -0.1) is 11.3 Å². The van der Waals surface area contributed by atoms with E-state index in [9.17, 15) is 14.4 Å². The molecule has 1 saturated heterocycles. The lowest BCUT2D eigenvalue weighted by atomic mass is 9.95. The molecule has 1 aliphatic rings. The molecule has 0 bridgehead atoms. The predicted octanol–water partition coefficient (Wildman–Crippen LogP) is 3.43. The summed E-state index contributed by atoms with van der Waals surface area (Å²) in [6.45, 7) is 1.06. The van der Waals surface area contributed by atoms with Crippen molar-refractivity contribution in [2.45, 2.75) is 12.8 Å². The fourth-order valence-electron chi connectivity index (χ4n) is 3.09. The summed E-state index contributed by atoms with van der Waals surface area (Å²) in [5, 5.41) is 4.56.